The highest BCUT2D eigenvalue weighted by atomic mass is 32.2. The van der Waals surface area contributed by atoms with Crippen molar-refractivity contribution in [1.82, 2.24) is 0 Å². The van der Waals surface area contributed by atoms with Gasteiger partial charge in [0, 0.05) is 16.5 Å². The van der Waals surface area contributed by atoms with Crippen molar-refractivity contribution in [2.24, 2.45) is 0 Å². The second-order valence-electron chi connectivity index (χ2n) is 4.05. The second-order valence-corrected chi connectivity index (χ2v) is 5.17. The molecule has 20 heavy (non-hydrogen) atoms. The van der Waals surface area contributed by atoms with E-state index in [1.54, 1.807) is 18.2 Å². The molecule has 0 bridgehead atoms. The smallest absolute Gasteiger partial charge is 0.283 e. The fraction of sp³-hybridized carbons (Fsp3) is 0.0714. The minimum Gasteiger partial charge on any atom is -0.295 e. The zero-order valence-electron chi connectivity index (χ0n) is 10.5. The predicted octanol–water partition coefficient (Wildman–Crippen LogP) is 4.09. The predicted molar refractivity (Wildman–Crippen MR) is 73.6 cm³/mol. The Morgan fingerprint density at radius 2 is 1.85 bits per heavy atom. The van der Waals surface area contributed by atoms with Crippen LogP contribution in [-0.4, -0.2) is 10.7 Å². The van der Waals surface area contributed by atoms with Crippen LogP contribution in [0.15, 0.2) is 52.3 Å². The van der Waals surface area contributed by atoms with Crippen molar-refractivity contribution in [3.05, 3.63) is 64.0 Å². The lowest BCUT2D eigenvalue weighted by molar-refractivity contribution is -0.387. The lowest BCUT2D eigenvalue weighted by Crippen LogP contribution is -1.96. The molecule has 0 atom stereocenters. The molecule has 0 aliphatic carbocycles. The van der Waals surface area contributed by atoms with Crippen LogP contribution in [0.4, 0.5) is 10.1 Å². The van der Waals surface area contributed by atoms with Gasteiger partial charge in [-0.3, -0.25) is 14.9 Å². The fourth-order valence-corrected chi connectivity index (χ4v) is 2.50. The number of nitro groups is 1. The number of hydrogen-bond acceptors (Lipinski definition) is 4. The molecule has 0 spiro atoms. The van der Waals surface area contributed by atoms with Crippen molar-refractivity contribution in [3.63, 3.8) is 0 Å². The second kappa shape index (κ2) is 5.83. The quantitative estimate of drug-likeness (QED) is 0.483. The molecule has 0 fully saturated rings. The third-order valence-corrected chi connectivity index (χ3v) is 3.68. The molecule has 0 aliphatic heterocycles. The number of halogens is 1. The monoisotopic (exact) mass is 291 g/mol. The van der Waals surface area contributed by atoms with E-state index in [1.807, 2.05) is 0 Å². The molecular weight excluding hydrogens is 281 g/mol. The van der Waals surface area contributed by atoms with Crippen molar-refractivity contribution < 1.29 is 14.1 Å². The van der Waals surface area contributed by atoms with Gasteiger partial charge in [-0.1, -0.05) is 11.8 Å². The molecule has 0 radical (unpaired) electrons. The largest absolute Gasteiger partial charge is 0.295 e. The maximum absolute atomic E-state index is 12.8. The van der Waals surface area contributed by atoms with E-state index in [9.17, 15) is 19.3 Å². The van der Waals surface area contributed by atoms with E-state index in [4.69, 9.17) is 0 Å². The van der Waals surface area contributed by atoms with E-state index < -0.39 is 4.92 Å². The molecule has 0 unspecified atom stereocenters. The Labute approximate surface area is 118 Å². The van der Waals surface area contributed by atoms with E-state index in [0.29, 0.717) is 15.4 Å². The lowest BCUT2D eigenvalue weighted by Gasteiger charge is -2.04. The minimum atomic E-state index is -0.529. The molecular formula is C14H10FNO3S. The van der Waals surface area contributed by atoms with Crippen LogP contribution in [0.3, 0.4) is 0 Å². The summed E-state index contributed by atoms with van der Waals surface area (Å²) in [7, 11) is 0. The third kappa shape index (κ3) is 3.21. The molecule has 0 heterocycles. The molecule has 0 aromatic heterocycles. The molecule has 4 nitrogen and oxygen atoms in total. The van der Waals surface area contributed by atoms with E-state index in [-0.39, 0.29) is 17.3 Å². The van der Waals surface area contributed by atoms with Crippen molar-refractivity contribution >= 4 is 23.2 Å². The number of nitrogens with zero attached hydrogens (tertiary/aromatic N) is 1. The summed E-state index contributed by atoms with van der Waals surface area (Å²) in [5.41, 5.74) is 0.159. The average Bonchev–Trinajstić information content (AvgIpc) is 2.41. The Bertz CT molecular complexity index is 671. The molecule has 2 aromatic rings. The van der Waals surface area contributed by atoms with Crippen LogP contribution < -0.4 is 0 Å². The Kier molecular flexibility index (Phi) is 4.14. The van der Waals surface area contributed by atoms with Crippen molar-refractivity contribution in [3.8, 4) is 0 Å². The van der Waals surface area contributed by atoms with Gasteiger partial charge in [0.15, 0.2) is 5.78 Å². The van der Waals surface area contributed by atoms with E-state index >= 15 is 0 Å². The summed E-state index contributed by atoms with van der Waals surface area (Å²) in [6, 6.07) is 10.00. The molecule has 6 heteroatoms. The van der Waals surface area contributed by atoms with Gasteiger partial charge in [-0.2, -0.15) is 0 Å². The van der Waals surface area contributed by atoms with Crippen LogP contribution in [0.5, 0.6) is 0 Å². The Hall–Kier alpha value is -2.21. The van der Waals surface area contributed by atoms with Gasteiger partial charge in [-0.15, -0.1) is 0 Å². The number of carbonyl (C=O) groups excluding carboxylic acids is 1. The molecule has 2 rings (SSSR count). The van der Waals surface area contributed by atoms with Crippen LogP contribution in [-0.2, 0) is 0 Å². The highest BCUT2D eigenvalue weighted by Gasteiger charge is 2.17. The van der Waals surface area contributed by atoms with Crippen LogP contribution in [0.2, 0.25) is 0 Å². The summed E-state index contributed by atoms with van der Waals surface area (Å²) in [5, 5.41) is 11.1. The number of benzene rings is 2. The lowest BCUT2D eigenvalue weighted by atomic mass is 10.1. The fourth-order valence-electron chi connectivity index (χ4n) is 1.59. The first-order valence-corrected chi connectivity index (χ1v) is 6.52. The maximum atomic E-state index is 12.8. The SMILES string of the molecule is CC(=O)c1ccc(Sc2ccc(F)cc2)c([N+](=O)[O-])c1. The number of ketones is 1. The molecule has 0 N–H and O–H groups in total. The molecule has 0 saturated heterocycles. The van der Waals surface area contributed by atoms with Gasteiger partial charge in [-0.05, 0) is 43.3 Å². The summed E-state index contributed by atoms with van der Waals surface area (Å²) >= 11 is 1.15. The minimum absolute atomic E-state index is 0.132. The Morgan fingerprint density at radius 1 is 1.20 bits per heavy atom. The Morgan fingerprint density at radius 3 is 2.40 bits per heavy atom. The molecule has 0 saturated carbocycles. The van der Waals surface area contributed by atoms with Crippen molar-refractivity contribution in [2.45, 2.75) is 16.7 Å². The number of Topliss-reactive ketones (excluding diaryl/α,β-unsaturated/α-hetero) is 1. The average molecular weight is 291 g/mol. The van der Waals surface area contributed by atoms with E-state index in [0.717, 1.165) is 11.8 Å². The molecule has 2 aromatic carbocycles. The summed E-state index contributed by atoms with van der Waals surface area (Å²) in [6.45, 7) is 1.35. The zero-order chi connectivity index (χ0) is 14.7. The molecule has 0 amide bonds. The zero-order valence-corrected chi connectivity index (χ0v) is 11.3. The van der Waals surface area contributed by atoms with Crippen LogP contribution >= 0.6 is 11.8 Å². The normalized spacial score (nSPS) is 10.3. The number of nitro benzene ring substituents is 1. The van der Waals surface area contributed by atoms with E-state index in [2.05, 4.69) is 0 Å². The highest BCUT2D eigenvalue weighted by molar-refractivity contribution is 7.99. The Balaban J connectivity index is 2.38. The van der Waals surface area contributed by atoms with Gasteiger partial charge >= 0.3 is 0 Å². The molecule has 102 valence electrons. The summed E-state index contributed by atoms with van der Waals surface area (Å²) in [5.74, 6) is -0.595. The van der Waals surface area contributed by atoms with Crippen LogP contribution in [0.25, 0.3) is 0 Å². The van der Waals surface area contributed by atoms with Gasteiger partial charge in [0.05, 0.1) is 9.82 Å². The number of rotatable bonds is 4. The first kappa shape index (κ1) is 14.2. The topological polar surface area (TPSA) is 60.2 Å². The number of hydrogen-bond donors (Lipinski definition) is 0. The first-order valence-electron chi connectivity index (χ1n) is 5.70. The standard InChI is InChI=1S/C14H10FNO3S/c1-9(17)10-2-7-14(13(8-10)16(18)19)20-12-5-3-11(15)4-6-12/h2-8H,1H3. The summed E-state index contributed by atoms with van der Waals surface area (Å²) in [4.78, 5) is 22.9. The number of carbonyl (C=O) groups is 1. The first-order chi connectivity index (χ1) is 9.47. The van der Waals surface area contributed by atoms with E-state index in [1.165, 1.54) is 31.2 Å². The maximum Gasteiger partial charge on any atom is 0.283 e. The van der Waals surface area contributed by atoms with Gasteiger partial charge in [0.25, 0.3) is 5.69 Å². The van der Waals surface area contributed by atoms with Crippen molar-refractivity contribution in [2.75, 3.05) is 0 Å². The van der Waals surface area contributed by atoms with Gasteiger partial charge in [0.2, 0.25) is 0 Å². The summed E-state index contributed by atoms with van der Waals surface area (Å²) in [6.07, 6.45) is 0. The van der Waals surface area contributed by atoms with Gasteiger partial charge < -0.3 is 0 Å². The highest BCUT2D eigenvalue weighted by Crippen LogP contribution is 2.35. The third-order valence-electron chi connectivity index (χ3n) is 2.60. The van der Waals surface area contributed by atoms with Gasteiger partial charge in [-0.25, -0.2) is 4.39 Å². The van der Waals surface area contributed by atoms with Crippen LogP contribution in [0, 0.1) is 15.9 Å². The van der Waals surface area contributed by atoms with Crippen molar-refractivity contribution in [1.29, 1.82) is 0 Å². The van der Waals surface area contributed by atoms with Gasteiger partial charge in [0.1, 0.15) is 5.82 Å². The van der Waals surface area contributed by atoms with Crippen LogP contribution in [0.1, 0.15) is 17.3 Å². The summed E-state index contributed by atoms with van der Waals surface area (Å²) < 4.78 is 12.8. The molecule has 0 aliphatic rings.